The van der Waals surface area contributed by atoms with Crippen molar-refractivity contribution in [1.29, 1.82) is 0 Å². The highest BCUT2D eigenvalue weighted by molar-refractivity contribution is 7.89. The lowest BCUT2D eigenvalue weighted by molar-refractivity contribution is 0.101. The van der Waals surface area contributed by atoms with Crippen molar-refractivity contribution >= 4 is 15.8 Å². The zero-order chi connectivity index (χ0) is 18.2. The summed E-state index contributed by atoms with van der Waals surface area (Å²) in [5, 5.41) is 0. The fraction of sp³-hybridized carbons (Fsp3) is 0.350. The zero-order valence-corrected chi connectivity index (χ0v) is 15.7. The standard InChI is InChI=1S/C20H23NO3S/c1-14-4-7-20(12-15(14)2)25(23,24)21-10-8-17-5-6-18(16(3)22)13-19(17)9-11-21/h4-7,12-13H,8-11H2,1-3H3. The highest BCUT2D eigenvalue weighted by Gasteiger charge is 2.27. The minimum Gasteiger partial charge on any atom is -0.295 e. The van der Waals surface area contributed by atoms with Crippen LogP contribution in [0.4, 0.5) is 0 Å². The quantitative estimate of drug-likeness (QED) is 0.792. The van der Waals surface area contributed by atoms with Crippen molar-refractivity contribution in [2.24, 2.45) is 0 Å². The van der Waals surface area contributed by atoms with Crippen LogP contribution < -0.4 is 0 Å². The van der Waals surface area contributed by atoms with Gasteiger partial charge in [-0.15, -0.1) is 0 Å². The largest absolute Gasteiger partial charge is 0.295 e. The summed E-state index contributed by atoms with van der Waals surface area (Å²) in [4.78, 5) is 11.9. The molecule has 0 unspecified atom stereocenters. The molecule has 1 heterocycles. The Bertz CT molecular complexity index is 932. The summed E-state index contributed by atoms with van der Waals surface area (Å²) in [5.74, 6) is 0.0339. The fourth-order valence-electron chi connectivity index (χ4n) is 3.19. The van der Waals surface area contributed by atoms with E-state index in [0.717, 1.165) is 22.3 Å². The highest BCUT2D eigenvalue weighted by atomic mass is 32.2. The summed E-state index contributed by atoms with van der Waals surface area (Å²) in [6.45, 7) is 6.34. The minimum atomic E-state index is -3.50. The van der Waals surface area contributed by atoms with E-state index in [1.807, 2.05) is 38.1 Å². The van der Waals surface area contributed by atoms with E-state index in [1.54, 1.807) is 23.4 Å². The van der Waals surface area contributed by atoms with Crippen LogP contribution in [-0.4, -0.2) is 31.6 Å². The minimum absolute atomic E-state index is 0.0339. The van der Waals surface area contributed by atoms with Crippen LogP contribution in [0.1, 0.15) is 39.5 Å². The summed E-state index contributed by atoms with van der Waals surface area (Å²) in [7, 11) is -3.50. The number of benzene rings is 2. The van der Waals surface area contributed by atoms with Crippen LogP contribution in [0.2, 0.25) is 0 Å². The van der Waals surface area contributed by atoms with Gasteiger partial charge in [0.15, 0.2) is 5.78 Å². The van der Waals surface area contributed by atoms with E-state index in [1.165, 1.54) is 0 Å². The molecule has 0 saturated carbocycles. The van der Waals surface area contributed by atoms with Crippen molar-refractivity contribution in [3.05, 3.63) is 64.2 Å². The predicted octanol–water partition coefficient (Wildman–Crippen LogP) is 3.30. The number of hydrogen-bond donors (Lipinski definition) is 0. The van der Waals surface area contributed by atoms with Crippen LogP contribution in [0.5, 0.6) is 0 Å². The Labute approximate surface area is 149 Å². The number of nitrogens with zero attached hydrogens (tertiary/aromatic N) is 1. The number of Topliss-reactive ketones (excluding diaryl/α,β-unsaturated/α-hetero) is 1. The van der Waals surface area contributed by atoms with Crippen molar-refractivity contribution in [1.82, 2.24) is 4.31 Å². The average Bonchev–Trinajstić information content (AvgIpc) is 2.79. The lowest BCUT2D eigenvalue weighted by atomic mass is 9.99. The molecule has 0 atom stereocenters. The number of fused-ring (bicyclic) bond motifs is 1. The maximum absolute atomic E-state index is 13.0. The first-order valence-electron chi connectivity index (χ1n) is 8.49. The molecular weight excluding hydrogens is 334 g/mol. The molecule has 0 N–H and O–H groups in total. The van der Waals surface area contributed by atoms with Gasteiger partial charge in [-0.25, -0.2) is 8.42 Å². The second-order valence-corrected chi connectivity index (χ2v) is 8.63. The van der Waals surface area contributed by atoms with Crippen molar-refractivity contribution < 1.29 is 13.2 Å². The number of rotatable bonds is 3. The van der Waals surface area contributed by atoms with Crippen molar-refractivity contribution in [3.63, 3.8) is 0 Å². The fourth-order valence-corrected chi connectivity index (χ4v) is 4.71. The summed E-state index contributed by atoms with van der Waals surface area (Å²) in [6.07, 6.45) is 1.29. The van der Waals surface area contributed by atoms with Crippen LogP contribution in [0.15, 0.2) is 41.3 Å². The van der Waals surface area contributed by atoms with Gasteiger partial charge >= 0.3 is 0 Å². The molecule has 0 aromatic heterocycles. The Balaban J connectivity index is 1.88. The lowest BCUT2D eigenvalue weighted by Gasteiger charge is -2.20. The van der Waals surface area contributed by atoms with Crippen molar-refractivity contribution in [2.75, 3.05) is 13.1 Å². The maximum Gasteiger partial charge on any atom is 0.243 e. The van der Waals surface area contributed by atoms with Gasteiger partial charge in [-0.3, -0.25) is 4.79 Å². The molecule has 4 nitrogen and oxygen atoms in total. The number of aryl methyl sites for hydroxylation is 2. The van der Waals surface area contributed by atoms with E-state index < -0.39 is 10.0 Å². The van der Waals surface area contributed by atoms with Crippen LogP contribution in [0, 0.1) is 13.8 Å². The first-order chi connectivity index (χ1) is 11.8. The van der Waals surface area contributed by atoms with Gasteiger partial charge in [0.25, 0.3) is 0 Å². The molecule has 0 amide bonds. The van der Waals surface area contributed by atoms with Crippen LogP contribution >= 0.6 is 0 Å². The highest BCUT2D eigenvalue weighted by Crippen LogP contribution is 2.24. The number of carbonyl (C=O) groups excluding carboxylic acids is 1. The Morgan fingerprint density at radius 2 is 1.60 bits per heavy atom. The summed E-state index contributed by atoms with van der Waals surface area (Å²) in [6, 6.07) is 11.0. The Morgan fingerprint density at radius 1 is 0.920 bits per heavy atom. The van der Waals surface area contributed by atoms with Gasteiger partial charge in [-0.1, -0.05) is 18.2 Å². The number of sulfonamides is 1. The SMILES string of the molecule is CC(=O)c1ccc2c(c1)CCN(S(=O)(=O)c1ccc(C)c(C)c1)CC2. The molecule has 1 aliphatic rings. The normalized spacial score (nSPS) is 15.5. The Morgan fingerprint density at radius 3 is 2.24 bits per heavy atom. The van der Waals surface area contributed by atoms with Crippen LogP contribution in [0.3, 0.4) is 0 Å². The molecule has 1 aliphatic heterocycles. The molecule has 132 valence electrons. The number of ketones is 1. The van der Waals surface area contributed by atoms with Gasteiger partial charge in [0.2, 0.25) is 10.0 Å². The van der Waals surface area contributed by atoms with Crippen LogP contribution in [-0.2, 0) is 22.9 Å². The Kier molecular flexibility index (Phi) is 4.80. The molecule has 2 aromatic rings. The number of hydrogen-bond acceptors (Lipinski definition) is 3. The first kappa shape index (κ1) is 17.8. The summed E-state index contributed by atoms with van der Waals surface area (Å²) >= 11 is 0. The second-order valence-electron chi connectivity index (χ2n) is 6.69. The van der Waals surface area contributed by atoms with E-state index in [-0.39, 0.29) is 5.78 Å². The molecule has 3 rings (SSSR count). The van der Waals surface area contributed by atoms with Crippen molar-refractivity contribution in [2.45, 2.75) is 38.5 Å². The lowest BCUT2D eigenvalue weighted by Crippen LogP contribution is -2.33. The van der Waals surface area contributed by atoms with Crippen molar-refractivity contribution in [3.8, 4) is 0 Å². The summed E-state index contributed by atoms with van der Waals surface area (Å²) < 4.78 is 27.6. The summed E-state index contributed by atoms with van der Waals surface area (Å²) in [5.41, 5.74) is 4.95. The van der Waals surface area contributed by atoms with E-state index in [2.05, 4.69) is 0 Å². The third kappa shape index (κ3) is 3.53. The second kappa shape index (κ2) is 6.73. The molecule has 2 aromatic carbocycles. The molecule has 0 bridgehead atoms. The zero-order valence-electron chi connectivity index (χ0n) is 14.9. The van der Waals surface area contributed by atoms with Gasteiger partial charge in [0.1, 0.15) is 0 Å². The first-order valence-corrected chi connectivity index (χ1v) is 9.93. The third-order valence-corrected chi connectivity index (χ3v) is 6.88. The van der Waals surface area contributed by atoms with Crippen LogP contribution in [0.25, 0.3) is 0 Å². The van der Waals surface area contributed by atoms with Gasteiger partial charge < -0.3 is 0 Å². The molecule has 5 heteroatoms. The molecular formula is C20H23NO3S. The molecule has 0 spiro atoms. The molecule has 25 heavy (non-hydrogen) atoms. The maximum atomic E-state index is 13.0. The average molecular weight is 357 g/mol. The Hall–Kier alpha value is -1.98. The molecule has 0 fully saturated rings. The topological polar surface area (TPSA) is 54.5 Å². The van der Waals surface area contributed by atoms with Gasteiger partial charge in [-0.2, -0.15) is 4.31 Å². The molecule has 0 saturated heterocycles. The van der Waals surface area contributed by atoms with Gasteiger partial charge in [0.05, 0.1) is 4.90 Å². The van der Waals surface area contributed by atoms with E-state index >= 15 is 0 Å². The van der Waals surface area contributed by atoms with Gasteiger partial charge in [-0.05, 0) is 74.1 Å². The molecule has 0 aliphatic carbocycles. The van der Waals surface area contributed by atoms with E-state index in [4.69, 9.17) is 0 Å². The monoisotopic (exact) mass is 357 g/mol. The number of carbonyl (C=O) groups is 1. The van der Waals surface area contributed by atoms with E-state index in [9.17, 15) is 13.2 Å². The third-order valence-electron chi connectivity index (χ3n) is 4.99. The van der Waals surface area contributed by atoms with E-state index in [0.29, 0.717) is 36.4 Å². The molecule has 0 radical (unpaired) electrons. The smallest absolute Gasteiger partial charge is 0.243 e. The van der Waals surface area contributed by atoms with Gasteiger partial charge in [0, 0.05) is 18.7 Å². The predicted molar refractivity (Wildman–Crippen MR) is 98.5 cm³/mol.